The average Bonchev–Trinajstić information content (AvgIpc) is 2.66. The lowest BCUT2D eigenvalue weighted by molar-refractivity contribution is 0.0917. The van der Waals surface area contributed by atoms with Gasteiger partial charge in [-0.15, -0.1) is 0 Å². The van der Waals surface area contributed by atoms with Gasteiger partial charge in [0.2, 0.25) is 0 Å². The molecule has 0 aliphatic heterocycles. The second-order valence-electron chi connectivity index (χ2n) is 3.91. The van der Waals surface area contributed by atoms with Gasteiger partial charge in [0.25, 0.3) is 5.91 Å². The molecule has 1 rings (SSSR count). The molecule has 0 spiro atoms. The van der Waals surface area contributed by atoms with Gasteiger partial charge in [-0.05, 0) is 24.0 Å². The van der Waals surface area contributed by atoms with Crippen LogP contribution >= 0.6 is 0 Å². The van der Waals surface area contributed by atoms with Gasteiger partial charge in [-0.25, -0.2) is 0 Å². The van der Waals surface area contributed by atoms with Crippen LogP contribution in [0, 0.1) is 11.8 Å². The van der Waals surface area contributed by atoms with Gasteiger partial charge in [-0.3, -0.25) is 4.79 Å². The molecule has 3 nitrogen and oxygen atoms in total. The summed E-state index contributed by atoms with van der Waals surface area (Å²) in [5.74, 6) is 1.30. The summed E-state index contributed by atoms with van der Waals surface area (Å²) in [7, 11) is 0. The van der Waals surface area contributed by atoms with Crippen LogP contribution in [0.25, 0.3) is 0 Å². The highest BCUT2D eigenvalue weighted by molar-refractivity contribution is 5.91. The Hall–Kier alpha value is -1.25. The second kappa shape index (κ2) is 4.84. The molecule has 1 N–H and O–H groups in total. The van der Waals surface area contributed by atoms with E-state index in [0.29, 0.717) is 24.1 Å². The summed E-state index contributed by atoms with van der Waals surface area (Å²) in [6.07, 6.45) is 1.50. The van der Waals surface area contributed by atoms with Crippen molar-refractivity contribution in [2.24, 2.45) is 11.8 Å². The Bertz CT molecular complexity index is 277. The molecule has 0 radical (unpaired) electrons. The average molecular weight is 195 g/mol. The lowest BCUT2D eigenvalue weighted by atomic mass is 9.98. The van der Waals surface area contributed by atoms with Crippen LogP contribution in [0.4, 0.5) is 0 Å². The van der Waals surface area contributed by atoms with Crippen molar-refractivity contribution in [1.29, 1.82) is 0 Å². The highest BCUT2D eigenvalue weighted by Gasteiger charge is 2.11. The van der Waals surface area contributed by atoms with Gasteiger partial charge in [0.15, 0.2) is 5.76 Å². The van der Waals surface area contributed by atoms with Crippen LogP contribution in [0.5, 0.6) is 0 Å². The van der Waals surface area contributed by atoms with Crippen LogP contribution in [-0.2, 0) is 0 Å². The Labute approximate surface area is 84.5 Å². The Morgan fingerprint density at radius 1 is 1.50 bits per heavy atom. The Kier molecular flexibility index (Phi) is 3.74. The van der Waals surface area contributed by atoms with Crippen LogP contribution in [0.3, 0.4) is 0 Å². The standard InChI is InChI=1S/C11H17NO2/c1-8(2)9(3)7-12-11(13)10-5-4-6-14-10/h4-6,8-9H,7H2,1-3H3,(H,12,13). The van der Waals surface area contributed by atoms with E-state index in [1.165, 1.54) is 6.26 Å². The highest BCUT2D eigenvalue weighted by Crippen LogP contribution is 2.08. The molecule has 0 fully saturated rings. The van der Waals surface area contributed by atoms with E-state index in [0.717, 1.165) is 0 Å². The summed E-state index contributed by atoms with van der Waals surface area (Å²) in [5.41, 5.74) is 0. The topological polar surface area (TPSA) is 42.2 Å². The van der Waals surface area contributed by atoms with Crippen molar-refractivity contribution in [1.82, 2.24) is 5.32 Å². The fourth-order valence-electron chi connectivity index (χ4n) is 0.984. The van der Waals surface area contributed by atoms with E-state index in [4.69, 9.17) is 4.42 Å². The van der Waals surface area contributed by atoms with E-state index in [1.807, 2.05) is 0 Å². The summed E-state index contributed by atoms with van der Waals surface area (Å²) < 4.78 is 4.98. The lowest BCUT2D eigenvalue weighted by Gasteiger charge is -2.15. The molecular weight excluding hydrogens is 178 g/mol. The maximum absolute atomic E-state index is 11.4. The van der Waals surface area contributed by atoms with Gasteiger partial charge < -0.3 is 9.73 Å². The smallest absolute Gasteiger partial charge is 0.286 e. The number of rotatable bonds is 4. The molecule has 0 aromatic carbocycles. The quantitative estimate of drug-likeness (QED) is 0.801. The molecule has 1 aromatic rings. The molecular formula is C11H17NO2. The molecule has 3 heteroatoms. The number of furan rings is 1. The third-order valence-corrected chi connectivity index (χ3v) is 2.47. The predicted octanol–water partition coefficient (Wildman–Crippen LogP) is 2.30. The number of amides is 1. The molecule has 0 aliphatic carbocycles. The van der Waals surface area contributed by atoms with Crippen molar-refractivity contribution in [2.75, 3.05) is 6.54 Å². The first-order valence-electron chi connectivity index (χ1n) is 4.93. The van der Waals surface area contributed by atoms with Crippen LogP contribution in [0.1, 0.15) is 31.3 Å². The van der Waals surface area contributed by atoms with E-state index < -0.39 is 0 Å². The van der Waals surface area contributed by atoms with Crippen LogP contribution in [0.2, 0.25) is 0 Å². The molecule has 0 saturated carbocycles. The van der Waals surface area contributed by atoms with E-state index >= 15 is 0 Å². The van der Waals surface area contributed by atoms with E-state index in [1.54, 1.807) is 12.1 Å². The largest absolute Gasteiger partial charge is 0.459 e. The van der Waals surface area contributed by atoms with Gasteiger partial charge in [0, 0.05) is 6.54 Å². The van der Waals surface area contributed by atoms with Gasteiger partial charge >= 0.3 is 0 Å². The zero-order valence-corrected chi connectivity index (χ0v) is 8.91. The first-order valence-corrected chi connectivity index (χ1v) is 4.93. The normalized spacial score (nSPS) is 12.9. The van der Waals surface area contributed by atoms with Crippen LogP contribution in [0.15, 0.2) is 22.8 Å². The lowest BCUT2D eigenvalue weighted by Crippen LogP contribution is -2.29. The van der Waals surface area contributed by atoms with Gasteiger partial charge in [-0.1, -0.05) is 20.8 Å². The third-order valence-electron chi connectivity index (χ3n) is 2.47. The summed E-state index contributed by atoms with van der Waals surface area (Å²) in [6.45, 7) is 7.09. The SMILES string of the molecule is CC(C)C(C)CNC(=O)c1ccco1. The third kappa shape index (κ3) is 2.91. The van der Waals surface area contributed by atoms with Crippen LogP contribution in [-0.4, -0.2) is 12.5 Å². The van der Waals surface area contributed by atoms with Crippen molar-refractivity contribution in [3.05, 3.63) is 24.2 Å². The van der Waals surface area contributed by atoms with Gasteiger partial charge in [0.05, 0.1) is 6.26 Å². The molecule has 0 bridgehead atoms. The minimum absolute atomic E-state index is 0.137. The second-order valence-corrected chi connectivity index (χ2v) is 3.91. The molecule has 1 heterocycles. The molecule has 1 unspecified atom stereocenters. The maximum atomic E-state index is 11.4. The minimum Gasteiger partial charge on any atom is -0.459 e. The first-order chi connectivity index (χ1) is 6.61. The minimum atomic E-state index is -0.137. The number of hydrogen-bond acceptors (Lipinski definition) is 2. The van der Waals surface area contributed by atoms with Crippen molar-refractivity contribution in [3.63, 3.8) is 0 Å². The fraction of sp³-hybridized carbons (Fsp3) is 0.545. The van der Waals surface area contributed by atoms with Crippen LogP contribution < -0.4 is 5.32 Å². The number of carbonyl (C=O) groups is 1. The van der Waals surface area contributed by atoms with E-state index in [2.05, 4.69) is 26.1 Å². The first kappa shape index (κ1) is 10.8. The fourth-order valence-corrected chi connectivity index (χ4v) is 0.984. The molecule has 1 aromatic heterocycles. The maximum Gasteiger partial charge on any atom is 0.286 e. The van der Waals surface area contributed by atoms with Crippen molar-refractivity contribution in [3.8, 4) is 0 Å². The molecule has 78 valence electrons. The zero-order valence-electron chi connectivity index (χ0n) is 8.91. The van der Waals surface area contributed by atoms with Gasteiger partial charge in [-0.2, -0.15) is 0 Å². The molecule has 1 atom stereocenters. The number of carbonyl (C=O) groups excluding carboxylic acids is 1. The molecule has 14 heavy (non-hydrogen) atoms. The predicted molar refractivity (Wildman–Crippen MR) is 55.0 cm³/mol. The highest BCUT2D eigenvalue weighted by atomic mass is 16.3. The van der Waals surface area contributed by atoms with Gasteiger partial charge in [0.1, 0.15) is 0 Å². The molecule has 0 aliphatic rings. The number of hydrogen-bond donors (Lipinski definition) is 1. The Balaban J connectivity index is 2.36. The van der Waals surface area contributed by atoms with E-state index in [-0.39, 0.29) is 5.91 Å². The molecule has 1 amide bonds. The Morgan fingerprint density at radius 2 is 2.21 bits per heavy atom. The summed E-state index contributed by atoms with van der Waals surface area (Å²) in [5, 5.41) is 2.83. The number of nitrogens with one attached hydrogen (secondary N) is 1. The zero-order chi connectivity index (χ0) is 10.6. The van der Waals surface area contributed by atoms with Crippen molar-refractivity contribution >= 4 is 5.91 Å². The van der Waals surface area contributed by atoms with Crippen molar-refractivity contribution in [2.45, 2.75) is 20.8 Å². The monoisotopic (exact) mass is 195 g/mol. The summed E-state index contributed by atoms with van der Waals surface area (Å²) in [6, 6.07) is 3.37. The van der Waals surface area contributed by atoms with Crippen molar-refractivity contribution < 1.29 is 9.21 Å². The molecule has 0 saturated heterocycles. The summed E-state index contributed by atoms with van der Waals surface area (Å²) in [4.78, 5) is 11.4. The summed E-state index contributed by atoms with van der Waals surface area (Å²) >= 11 is 0. The van der Waals surface area contributed by atoms with E-state index in [9.17, 15) is 4.79 Å². The Morgan fingerprint density at radius 3 is 2.71 bits per heavy atom.